The zero-order chi connectivity index (χ0) is 14.5. The minimum Gasteiger partial charge on any atom is -0.307 e. The van der Waals surface area contributed by atoms with Gasteiger partial charge in [0, 0.05) is 12.1 Å². The fourth-order valence-electron chi connectivity index (χ4n) is 2.27. The average molecular weight is 273 g/mol. The van der Waals surface area contributed by atoms with Crippen LogP contribution in [0.2, 0.25) is 0 Å². The van der Waals surface area contributed by atoms with Gasteiger partial charge in [-0.05, 0) is 30.9 Å². The summed E-state index contributed by atoms with van der Waals surface area (Å²) >= 11 is 0. The minimum atomic E-state index is -4.27. The maximum atomic E-state index is 12.6. The Hall–Kier alpha value is -1.03. The highest BCUT2D eigenvalue weighted by atomic mass is 19.4. The average Bonchev–Trinajstić information content (AvgIpc) is 2.40. The molecule has 19 heavy (non-hydrogen) atoms. The fraction of sp³-hybridized carbons (Fsp3) is 0.600. The lowest BCUT2D eigenvalue weighted by Gasteiger charge is -2.32. The quantitative estimate of drug-likeness (QED) is 0.787. The van der Waals surface area contributed by atoms with Crippen LogP contribution in [0.4, 0.5) is 13.2 Å². The number of rotatable bonds is 6. The van der Waals surface area contributed by atoms with Crippen LogP contribution in [-0.2, 0) is 12.7 Å². The monoisotopic (exact) mass is 273 g/mol. The standard InChI is InChI=1S/C15H22F3N/c1-4-14(5-2,6-3)19-11-12-8-7-9-13(10-12)15(16,17)18/h7-10,19H,4-6,11H2,1-3H3. The van der Waals surface area contributed by atoms with Gasteiger partial charge in [0.1, 0.15) is 0 Å². The predicted octanol–water partition coefficient (Wildman–Crippen LogP) is 4.76. The van der Waals surface area contributed by atoms with E-state index in [1.54, 1.807) is 6.07 Å². The van der Waals surface area contributed by atoms with Gasteiger partial charge in [0.25, 0.3) is 0 Å². The van der Waals surface area contributed by atoms with E-state index in [9.17, 15) is 13.2 Å². The highest BCUT2D eigenvalue weighted by Gasteiger charge is 2.30. The van der Waals surface area contributed by atoms with Gasteiger partial charge in [0.15, 0.2) is 0 Å². The van der Waals surface area contributed by atoms with E-state index in [1.165, 1.54) is 12.1 Å². The molecule has 0 saturated heterocycles. The third-order valence-corrected chi connectivity index (χ3v) is 3.95. The first kappa shape index (κ1) is 16.0. The lowest BCUT2D eigenvalue weighted by atomic mass is 9.89. The minimum absolute atomic E-state index is 0.0221. The first-order chi connectivity index (χ1) is 8.87. The second-order valence-corrected chi connectivity index (χ2v) is 4.89. The molecule has 1 aromatic carbocycles. The van der Waals surface area contributed by atoms with Crippen LogP contribution in [0.5, 0.6) is 0 Å². The molecule has 0 bridgehead atoms. The van der Waals surface area contributed by atoms with Crippen LogP contribution >= 0.6 is 0 Å². The first-order valence-corrected chi connectivity index (χ1v) is 6.78. The maximum absolute atomic E-state index is 12.6. The summed E-state index contributed by atoms with van der Waals surface area (Å²) in [5.74, 6) is 0. The molecule has 0 amide bonds. The molecule has 1 N–H and O–H groups in total. The maximum Gasteiger partial charge on any atom is 0.416 e. The molecule has 1 nitrogen and oxygen atoms in total. The number of benzene rings is 1. The number of alkyl halides is 3. The molecular weight excluding hydrogens is 251 g/mol. The van der Waals surface area contributed by atoms with Gasteiger partial charge in [-0.15, -0.1) is 0 Å². The van der Waals surface area contributed by atoms with Crippen LogP contribution in [0.3, 0.4) is 0 Å². The van der Waals surface area contributed by atoms with E-state index in [0.717, 1.165) is 25.3 Å². The van der Waals surface area contributed by atoms with Crippen LogP contribution in [0, 0.1) is 0 Å². The predicted molar refractivity (Wildman–Crippen MR) is 71.9 cm³/mol. The van der Waals surface area contributed by atoms with Crippen LogP contribution in [0.25, 0.3) is 0 Å². The Morgan fingerprint density at radius 1 is 1.00 bits per heavy atom. The van der Waals surface area contributed by atoms with E-state index < -0.39 is 11.7 Å². The molecule has 0 aliphatic rings. The molecule has 4 heteroatoms. The summed E-state index contributed by atoms with van der Waals surface area (Å²) < 4.78 is 37.9. The van der Waals surface area contributed by atoms with Crippen molar-refractivity contribution in [1.29, 1.82) is 0 Å². The third-order valence-electron chi connectivity index (χ3n) is 3.95. The van der Waals surface area contributed by atoms with Gasteiger partial charge < -0.3 is 5.32 Å². The van der Waals surface area contributed by atoms with E-state index in [0.29, 0.717) is 12.1 Å². The Kier molecular flexibility index (Phi) is 5.41. The molecular formula is C15H22F3N. The summed E-state index contributed by atoms with van der Waals surface area (Å²) in [6, 6.07) is 5.52. The van der Waals surface area contributed by atoms with Crippen molar-refractivity contribution in [2.75, 3.05) is 0 Å². The molecule has 0 atom stereocenters. The summed E-state index contributed by atoms with van der Waals surface area (Å²) in [4.78, 5) is 0. The van der Waals surface area contributed by atoms with Crippen molar-refractivity contribution in [3.63, 3.8) is 0 Å². The lowest BCUT2D eigenvalue weighted by molar-refractivity contribution is -0.137. The molecule has 1 aromatic rings. The molecule has 0 spiro atoms. The Balaban J connectivity index is 2.78. The van der Waals surface area contributed by atoms with E-state index in [4.69, 9.17) is 0 Å². The van der Waals surface area contributed by atoms with Crippen LogP contribution < -0.4 is 5.32 Å². The molecule has 0 aliphatic carbocycles. The number of nitrogens with one attached hydrogen (secondary N) is 1. The Labute approximate surface area is 113 Å². The SMILES string of the molecule is CCC(CC)(CC)NCc1cccc(C(F)(F)F)c1. The number of halogens is 3. The molecule has 0 fully saturated rings. The molecule has 0 saturated carbocycles. The topological polar surface area (TPSA) is 12.0 Å². The third kappa shape index (κ3) is 4.23. The highest BCUT2D eigenvalue weighted by molar-refractivity contribution is 5.25. The van der Waals surface area contributed by atoms with Crippen molar-refractivity contribution in [3.8, 4) is 0 Å². The van der Waals surface area contributed by atoms with Gasteiger partial charge >= 0.3 is 6.18 Å². The Bertz CT molecular complexity index is 386. The fourth-order valence-corrected chi connectivity index (χ4v) is 2.27. The molecule has 0 heterocycles. The van der Waals surface area contributed by atoms with E-state index >= 15 is 0 Å². The largest absolute Gasteiger partial charge is 0.416 e. The summed E-state index contributed by atoms with van der Waals surface area (Å²) in [6.07, 6.45) is -1.36. The number of hydrogen-bond donors (Lipinski definition) is 1. The molecule has 0 radical (unpaired) electrons. The first-order valence-electron chi connectivity index (χ1n) is 6.78. The Morgan fingerprint density at radius 2 is 1.58 bits per heavy atom. The van der Waals surface area contributed by atoms with Gasteiger partial charge in [-0.2, -0.15) is 13.2 Å². The number of hydrogen-bond acceptors (Lipinski definition) is 1. The lowest BCUT2D eigenvalue weighted by Crippen LogP contribution is -2.43. The van der Waals surface area contributed by atoms with Crippen molar-refractivity contribution >= 4 is 0 Å². The van der Waals surface area contributed by atoms with Gasteiger partial charge in [-0.3, -0.25) is 0 Å². The zero-order valence-corrected chi connectivity index (χ0v) is 11.8. The van der Waals surface area contributed by atoms with Gasteiger partial charge in [0.05, 0.1) is 5.56 Å². The van der Waals surface area contributed by atoms with E-state index in [2.05, 4.69) is 26.1 Å². The van der Waals surface area contributed by atoms with Crippen molar-refractivity contribution in [2.45, 2.75) is 58.3 Å². The van der Waals surface area contributed by atoms with Crippen molar-refractivity contribution in [2.24, 2.45) is 0 Å². The zero-order valence-electron chi connectivity index (χ0n) is 11.8. The second-order valence-electron chi connectivity index (χ2n) is 4.89. The van der Waals surface area contributed by atoms with Crippen LogP contribution in [-0.4, -0.2) is 5.54 Å². The van der Waals surface area contributed by atoms with Crippen LogP contribution in [0.1, 0.15) is 51.2 Å². The van der Waals surface area contributed by atoms with Gasteiger partial charge in [-0.1, -0.05) is 39.0 Å². The summed E-state index contributed by atoms with van der Waals surface area (Å²) in [5, 5.41) is 3.41. The summed E-state index contributed by atoms with van der Waals surface area (Å²) in [7, 11) is 0. The van der Waals surface area contributed by atoms with Crippen molar-refractivity contribution in [1.82, 2.24) is 5.32 Å². The van der Waals surface area contributed by atoms with Crippen molar-refractivity contribution < 1.29 is 13.2 Å². The molecule has 0 aliphatic heterocycles. The van der Waals surface area contributed by atoms with Crippen molar-refractivity contribution in [3.05, 3.63) is 35.4 Å². The normalized spacial score (nSPS) is 12.7. The molecule has 0 aromatic heterocycles. The van der Waals surface area contributed by atoms with Gasteiger partial charge in [0.2, 0.25) is 0 Å². The van der Waals surface area contributed by atoms with E-state index in [1.807, 2.05) is 0 Å². The summed E-state index contributed by atoms with van der Waals surface area (Å²) in [6.45, 7) is 6.78. The second kappa shape index (κ2) is 6.42. The molecule has 108 valence electrons. The van der Waals surface area contributed by atoms with E-state index in [-0.39, 0.29) is 5.54 Å². The summed E-state index contributed by atoms with van der Waals surface area (Å²) in [5.41, 5.74) is 0.116. The Morgan fingerprint density at radius 3 is 2.05 bits per heavy atom. The molecule has 0 unspecified atom stereocenters. The smallest absolute Gasteiger partial charge is 0.307 e. The highest BCUT2D eigenvalue weighted by Crippen LogP contribution is 2.29. The van der Waals surface area contributed by atoms with Gasteiger partial charge in [-0.25, -0.2) is 0 Å². The van der Waals surface area contributed by atoms with Crippen LogP contribution in [0.15, 0.2) is 24.3 Å². The molecule has 1 rings (SSSR count).